The lowest BCUT2D eigenvalue weighted by molar-refractivity contribution is -0.386. The fourth-order valence-corrected chi connectivity index (χ4v) is 3.70. The molecule has 1 aromatic carbocycles. The lowest BCUT2D eigenvalue weighted by Gasteiger charge is -2.42. The molecule has 8 nitrogen and oxygen atoms in total. The number of methoxy groups -OCH3 is 1. The predicted octanol–water partition coefficient (Wildman–Crippen LogP) is 0.359. The third kappa shape index (κ3) is 2.47. The van der Waals surface area contributed by atoms with Gasteiger partial charge in [-0.1, -0.05) is 0 Å². The van der Waals surface area contributed by atoms with Crippen LogP contribution in [0, 0.1) is 10.1 Å². The SMILES string of the molecule is COc1ccc(S(=O)(=O)N2CC(C)(O)C2)cc1[N+](=O)[O-]. The number of sulfonamides is 1. The molecule has 1 aliphatic rings. The maximum absolute atomic E-state index is 12.2. The first-order valence-electron chi connectivity index (χ1n) is 5.72. The molecule has 0 atom stereocenters. The summed E-state index contributed by atoms with van der Waals surface area (Å²) in [4.78, 5) is 10.00. The van der Waals surface area contributed by atoms with E-state index < -0.39 is 26.2 Å². The number of nitro benzene ring substituents is 1. The fraction of sp³-hybridized carbons (Fsp3) is 0.455. The highest BCUT2D eigenvalue weighted by molar-refractivity contribution is 7.89. The number of nitrogens with zero attached hydrogens (tertiary/aromatic N) is 2. The molecule has 0 saturated carbocycles. The molecular formula is C11H14N2O6S. The van der Waals surface area contributed by atoms with Crippen molar-refractivity contribution in [3.63, 3.8) is 0 Å². The first-order valence-corrected chi connectivity index (χ1v) is 7.16. The molecule has 0 radical (unpaired) electrons. The first-order chi connectivity index (χ1) is 9.17. The van der Waals surface area contributed by atoms with Crippen LogP contribution >= 0.6 is 0 Å². The van der Waals surface area contributed by atoms with Crippen molar-refractivity contribution in [2.24, 2.45) is 0 Å². The molecule has 0 amide bonds. The van der Waals surface area contributed by atoms with Crippen molar-refractivity contribution in [2.75, 3.05) is 20.2 Å². The van der Waals surface area contributed by atoms with E-state index in [1.54, 1.807) is 0 Å². The maximum atomic E-state index is 12.2. The lowest BCUT2D eigenvalue weighted by atomic mass is 10.0. The van der Waals surface area contributed by atoms with Crippen LogP contribution < -0.4 is 4.74 Å². The molecule has 20 heavy (non-hydrogen) atoms. The monoisotopic (exact) mass is 302 g/mol. The Kier molecular flexibility index (Phi) is 3.44. The number of β-amino-alcohol motifs (C(OH)–C–C–N with tert-alkyl or cyclic N) is 1. The molecule has 1 aromatic rings. The van der Waals surface area contributed by atoms with Gasteiger partial charge in [0.15, 0.2) is 5.75 Å². The van der Waals surface area contributed by atoms with Gasteiger partial charge in [-0.3, -0.25) is 10.1 Å². The average molecular weight is 302 g/mol. The number of aliphatic hydroxyl groups is 1. The molecule has 9 heteroatoms. The Hall–Kier alpha value is -1.71. The first kappa shape index (κ1) is 14.7. The highest BCUT2D eigenvalue weighted by Crippen LogP contribution is 2.33. The van der Waals surface area contributed by atoms with Crippen LogP contribution in [0.4, 0.5) is 5.69 Å². The zero-order valence-electron chi connectivity index (χ0n) is 10.9. The normalized spacial score (nSPS) is 18.4. The second-order valence-corrected chi connectivity index (χ2v) is 6.80. The lowest BCUT2D eigenvalue weighted by Crippen LogP contribution is -2.61. The topological polar surface area (TPSA) is 110 Å². The smallest absolute Gasteiger partial charge is 0.312 e. The number of nitro groups is 1. The van der Waals surface area contributed by atoms with Crippen molar-refractivity contribution in [3.8, 4) is 5.75 Å². The summed E-state index contributed by atoms with van der Waals surface area (Å²) in [7, 11) is -2.57. The molecular weight excluding hydrogens is 288 g/mol. The minimum atomic E-state index is -3.84. The van der Waals surface area contributed by atoms with E-state index >= 15 is 0 Å². The van der Waals surface area contributed by atoms with E-state index in [1.165, 1.54) is 26.2 Å². The van der Waals surface area contributed by atoms with Crippen LogP contribution in [0.3, 0.4) is 0 Å². The van der Waals surface area contributed by atoms with E-state index in [-0.39, 0.29) is 23.7 Å². The molecule has 110 valence electrons. The van der Waals surface area contributed by atoms with Crippen LogP contribution in [0.1, 0.15) is 6.92 Å². The minimum Gasteiger partial charge on any atom is -0.490 e. The number of ether oxygens (including phenoxy) is 1. The average Bonchev–Trinajstić information content (AvgIpc) is 2.34. The maximum Gasteiger partial charge on any atom is 0.312 e. The van der Waals surface area contributed by atoms with Crippen LogP contribution in [0.25, 0.3) is 0 Å². The fourth-order valence-electron chi connectivity index (χ4n) is 2.01. The standard InChI is InChI=1S/C11H14N2O6S/c1-11(14)6-12(7-11)20(17,18)8-3-4-10(19-2)9(5-8)13(15)16/h3-5,14H,6-7H2,1-2H3. The number of hydrogen-bond donors (Lipinski definition) is 1. The van der Waals surface area contributed by atoms with Gasteiger partial charge in [0, 0.05) is 19.2 Å². The van der Waals surface area contributed by atoms with Gasteiger partial charge in [-0.2, -0.15) is 4.31 Å². The van der Waals surface area contributed by atoms with Gasteiger partial charge in [0.1, 0.15) is 0 Å². The summed E-state index contributed by atoms with van der Waals surface area (Å²) in [5, 5.41) is 20.5. The molecule has 0 unspecified atom stereocenters. The Labute approximate surface area is 115 Å². The molecule has 2 rings (SSSR count). The van der Waals surface area contributed by atoms with E-state index in [2.05, 4.69) is 0 Å². The zero-order valence-corrected chi connectivity index (χ0v) is 11.8. The minimum absolute atomic E-state index is 0.00967. The van der Waals surface area contributed by atoms with Crippen molar-refractivity contribution >= 4 is 15.7 Å². The Morgan fingerprint density at radius 2 is 2.05 bits per heavy atom. The summed E-state index contributed by atoms with van der Waals surface area (Å²) in [6.45, 7) is 1.46. The van der Waals surface area contributed by atoms with Crippen LogP contribution in [-0.4, -0.2) is 48.6 Å². The molecule has 0 spiro atoms. The Morgan fingerprint density at radius 3 is 2.50 bits per heavy atom. The van der Waals surface area contributed by atoms with Crippen LogP contribution in [-0.2, 0) is 10.0 Å². The molecule has 1 aliphatic heterocycles. The summed E-state index contributed by atoms with van der Waals surface area (Å²) >= 11 is 0. The zero-order chi connectivity index (χ0) is 15.1. The molecule has 1 heterocycles. The Bertz CT molecular complexity index is 647. The Balaban J connectivity index is 2.38. The molecule has 0 aromatic heterocycles. The molecule has 1 saturated heterocycles. The van der Waals surface area contributed by atoms with Crippen molar-refractivity contribution in [1.82, 2.24) is 4.31 Å². The number of hydrogen-bond acceptors (Lipinski definition) is 6. The van der Waals surface area contributed by atoms with Gasteiger partial charge in [0.05, 0.1) is 22.5 Å². The summed E-state index contributed by atoms with van der Waals surface area (Å²) in [5.74, 6) is -0.00967. The van der Waals surface area contributed by atoms with Gasteiger partial charge in [-0.15, -0.1) is 0 Å². The van der Waals surface area contributed by atoms with Gasteiger partial charge in [-0.05, 0) is 19.1 Å². The largest absolute Gasteiger partial charge is 0.490 e. The van der Waals surface area contributed by atoms with E-state index in [4.69, 9.17) is 4.74 Å². The molecule has 1 N–H and O–H groups in total. The van der Waals surface area contributed by atoms with E-state index in [0.29, 0.717) is 0 Å². The van der Waals surface area contributed by atoms with Crippen molar-refractivity contribution < 1.29 is 23.2 Å². The second kappa shape index (κ2) is 4.69. The third-order valence-electron chi connectivity index (χ3n) is 3.02. The van der Waals surface area contributed by atoms with Crippen molar-refractivity contribution in [1.29, 1.82) is 0 Å². The molecule has 1 fully saturated rings. The van der Waals surface area contributed by atoms with Gasteiger partial charge in [0.25, 0.3) is 0 Å². The van der Waals surface area contributed by atoms with Gasteiger partial charge in [0.2, 0.25) is 10.0 Å². The van der Waals surface area contributed by atoms with Gasteiger partial charge in [-0.25, -0.2) is 8.42 Å². The van der Waals surface area contributed by atoms with E-state index in [0.717, 1.165) is 10.4 Å². The van der Waals surface area contributed by atoms with Crippen LogP contribution in [0.15, 0.2) is 23.1 Å². The van der Waals surface area contributed by atoms with Gasteiger partial charge >= 0.3 is 5.69 Å². The van der Waals surface area contributed by atoms with Crippen LogP contribution in [0.5, 0.6) is 5.75 Å². The predicted molar refractivity (Wildman–Crippen MR) is 69.0 cm³/mol. The van der Waals surface area contributed by atoms with Gasteiger partial charge < -0.3 is 9.84 Å². The van der Waals surface area contributed by atoms with Crippen LogP contribution in [0.2, 0.25) is 0 Å². The third-order valence-corrected chi connectivity index (χ3v) is 4.81. The van der Waals surface area contributed by atoms with E-state index in [9.17, 15) is 23.6 Å². The summed E-state index contributed by atoms with van der Waals surface area (Å²) in [6, 6.07) is 3.44. The summed E-state index contributed by atoms with van der Waals surface area (Å²) < 4.78 is 30.3. The second-order valence-electron chi connectivity index (χ2n) is 4.86. The molecule has 0 aliphatic carbocycles. The highest BCUT2D eigenvalue weighted by Gasteiger charge is 2.44. The van der Waals surface area contributed by atoms with Crippen molar-refractivity contribution in [3.05, 3.63) is 28.3 Å². The Morgan fingerprint density at radius 1 is 1.45 bits per heavy atom. The number of rotatable bonds is 4. The van der Waals surface area contributed by atoms with E-state index in [1.807, 2.05) is 0 Å². The van der Waals surface area contributed by atoms with Crippen molar-refractivity contribution in [2.45, 2.75) is 17.4 Å². The highest BCUT2D eigenvalue weighted by atomic mass is 32.2. The quantitative estimate of drug-likeness (QED) is 0.635. The summed E-state index contributed by atoms with van der Waals surface area (Å²) in [5.41, 5.74) is -1.47. The summed E-state index contributed by atoms with van der Waals surface area (Å²) in [6.07, 6.45) is 0. The number of benzene rings is 1. The molecule has 0 bridgehead atoms.